The third-order valence-electron chi connectivity index (χ3n) is 3.08. The topological polar surface area (TPSA) is 0 Å². The third kappa shape index (κ3) is 7.74. The van der Waals surface area contributed by atoms with Crippen LogP contribution in [-0.2, 0) is 0 Å². The summed E-state index contributed by atoms with van der Waals surface area (Å²) < 4.78 is 1.25. The highest BCUT2D eigenvalue weighted by molar-refractivity contribution is 4.41. The van der Waals surface area contributed by atoms with Gasteiger partial charge in [-0.2, -0.15) is 0 Å². The highest BCUT2D eigenvalue weighted by atomic mass is 127. The molecule has 0 atom stereocenters. The van der Waals surface area contributed by atoms with E-state index >= 15 is 0 Å². The van der Waals surface area contributed by atoms with Crippen LogP contribution >= 0.6 is 0 Å². The van der Waals surface area contributed by atoms with Crippen molar-refractivity contribution in [3.05, 3.63) is 0 Å². The zero-order valence-electron chi connectivity index (χ0n) is 9.77. The van der Waals surface area contributed by atoms with Crippen LogP contribution in [0, 0.1) is 0 Å². The Morgan fingerprint density at radius 2 is 1.38 bits per heavy atom. The fourth-order valence-corrected chi connectivity index (χ4v) is 1.46. The van der Waals surface area contributed by atoms with Crippen molar-refractivity contribution in [1.82, 2.24) is 0 Å². The van der Waals surface area contributed by atoms with E-state index in [2.05, 4.69) is 27.8 Å². The minimum Gasteiger partial charge on any atom is -1.00 e. The molecule has 0 bridgehead atoms. The Bertz CT molecular complexity index is 100. The molecule has 0 unspecified atom stereocenters. The Morgan fingerprint density at radius 1 is 0.846 bits per heavy atom. The van der Waals surface area contributed by atoms with Gasteiger partial charge in [-0.3, -0.25) is 0 Å². The first-order valence-corrected chi connectivity index (χ1v) is 5.52. The molecule has 0 aliphatic carbocycles. The average Bonchev–Trinajstić information content (AvgIpc) is 2.12. The van der Waals surface area contributed by atoms with Crippen molar-refractivity contribution in [2.45, 2.75) is 46.5 Å². The molecule has 82 valence electrons. The molecule has 2 heteroatoms. The largest absolute Gasteiger partial charge is 1.00 e. The van der Waals surface area contributed by atoms with E-state index in [9.17, 15) is 0 Å². The molecule has 0 spiro atoms. The summed E-state index contributed by atoms with van der Waals surface area (Å²) in [5, 5.41) is 0. The highest BCUT2D eigenvalue weighted by Gasteiger charge is 2.14. The first kappa shape index (κ1) is 16.1. The average molecular weight is 299 g/mol. The smallest absolute Gasteiger partial charge is 0.0784 e. The Labute approximate surface area is 102 Å². The summed E-state index contributed by atoms with van der Waals surface area (Å²) >= 11 is 0. The van der Waals surface area contributed by atoms with E-state index in [4.69, 9.17) is 0 Å². The molecule has 0 rings (SSSR count). The van der Waals surface area contributed by atoms with Crippen LogP contribution in [0.25, 0.3) is 0 Å². The second-order valence-electron chi connectivity index (χ2n) is 4.04. The molecule has 0 aromatic heterocycles. The van der Waals surface area contributed by atoms with Crippen LogP contribution in [0.5, 0.6) is 0 Å². The van der Waals surface area contributed by atoms with Gasteiger partial charge in [-0.25, -0.2) is 0 Å². The number of hydrogen-bond donors (Lipinski definition) is 0. The van der Waals surface area contributed by atoms with Crippen LogP contribution in [-0.4, -0.2) is 31.2 Å². The maximum Gasteiger partial charge on any atom is 0.0784 e. The monoisotopic (exact) mass is 299 g/mol. The van der Waals surface area contributed by atoms with E-state index in [1.165, 1.54) is 49.8 Å². The van der Waals surface area contributed by atoms with Gasteiger partial charge in [0.25, 0.3) is 0 Å². The van der Waals surface area contributed by atoms with E-state index in [0.29, 0.717) is 0 Å². The number of hydrogen-bond acceptors (Lipinski definition) is 0. The van der Waals surface area contributed by atoms with Crippen LogP contribution in [0.1, 0.15) is 46.5 Å². The summed E-state index contributed by atoms with van der Waals surface area (Å²) in [6, 6.07) is 0. The van der Waals surface area contributed by atoms with Crippen molar-refractivity contribution >= 4 is 0 Å². The maximum atomic E-state index is 2.37. The van der Waals surface area contributed by atoms with Gasteiger partial charge >= 0.3 is 0 Å². The first-order chi connectivity index (χ1) is 5.68. The Kier molecular flexibility index (Phi) is 11.5. The summed E-state index contributed by atoms with van der Waals surface area (Å²) in [5.74, 6) is 0. The van der Waals surface area contributed by atoms with Crippen molar-refractivity contribution in [2.75, 3.05) is 26.7 Å². The molecular formula is C11H26IN. The lowest BCUT2D eigenvalue weighted by molar-refractivity contribution is -0.906. The molecule has 0 amide bonds. The molecule has 0 saturated carbocycles. The molecule has 0 saturated heterocycles. The molecule has 0 aromatic rings. The quantitative estimate of drug-likeness (QED) is 0.354. The van der Waals surface area contributed by atoms with Crippen LogP contribution in [0.15, 0.2) is 0 Å². The molecule has 13 heavy (non-hydrogen) atoms. The van der Waals surface area contributed by atoms with Gasteiger partial charge in [0, 0.05) is 0 Å². The van der Waals surface area contributed by atoms with Crippen LogP contribution in [0.2, 0.25) is 0 Å². The molecule has 0 aliphatic rings. The SMILES string of the molecule is CCCCCC[N+](C)(CC)CC.[I-]. The summed E-state index contributed by atoms with van der Waals surface area (Å²) in [4.78, 5) is 0. The van der Waals surface area contributed by atoms with Gasteiger partial charge in [0.2, 0.25) is 0 Å². The van der Waals surface area contributed by atoms with Gasteiger partial charge in [0.15, 0.2) is 0 Å². The zero-order valence-corrected chi connectivity index (χ0v) is 11.9. The predicted octanol–water partition coefficient (Wildman–Crippen LogP) is 0.0571. The van der Waals surface area contributed by atoms with E-state index < -0.39 is 0 Å². The van der Waals surface area contributed by atoms with Crippen molar-refractivity contribution in [3.63, 3.8) is 0 Å². The Balaban J connectivity index is 0. The van der Waals surface area contributed by atoms with E-state index in [0.717, 1.165) is 0 Å². The lowest BCUT2D eigenvalue weighted by atomic mass is 10.2. The molecule has 0 N–H and O–H groups in total. The second kappa shape index (κ2) is 9.25. The molecule has 0 radical (unpaired) electrons. The third-order valence-corrected chi connectivity index (χ3v) is 3.08. The predicted molar refractivity (Wildman–Crippen MR) is 56.3 cm³/mol. The molecular weight excluding hydrogens is 273 g/mol. The van der Waals surface area contributed by atoms with Crippen molar-refractivity contribution < 1.29 is 28.5 Å². The molecule has 0 fully saturated rings. The summed E-state index contributed by atoms with van der Waals surface area (Å²) in [5.41, 5.74) is 0. The first-order valence-electron chi connectivity index (χ1n) is 5.52. The van der Waals surface area contributed by atoms with E-state index in [1.807, 2.05) is 0 Å². The number of nitrogens with zero attached hydrogens (tertiary/aromatic N) is 1. The number of unbranched alkanes of at least 4 members (excludes halogenated alkanes) is 3. The number of rotatable bonds is 7. The van der Waals surface area contributed by atoms with Gasteiger partial charge in [0.1, 0.15) is 0 Å². The van der Waals surface area contributed by atoms with Crippen LogP contribution in [0.3, 0.4) is 0 Å². The van der Waals surface area contributed by atoms with E-state index in [-0.39, 0.29) is 24.0 Å². The maximum absolute atomic E-state index is 2.37. The van der Waals surface area contributed by atoms with Crippen molar-refractivity contribution in [2.24, 2.45) is 0 Å². The summed E-state index contributed by atoms with van der Waals surface area (Å²) in [6.45, 7) is 10.8. The summed E-state index contributed by atoms with van der Waals surface area (Å²) in [6.07, 6.45) is 5.59. The van der Waals surface area contributed by atoms with Gasteiger partial charge in [-0.05, 0) is 26.7 Å². The fraction of sp³-hybridized carbons (Fsp3) is 1.00. The second-order valence-corrected chi connectivity index (χ2v) is 4.04. The molecule has 0 aromatic carbocycles. The lowest BCUT2D eigenvalue weighted by Crippen LogP contribution is -3.00. The zero-order chi connectivity index (χ0) is 9.45. The van der Waals surface area contributed by atoms with Crippen LogP contribution < -0.4 is 24.0 Å². The molecule has 1 nitrogen and oxygen atoms in total. The molecule has 0 aliphatic heterocycles. The van der Waals surface area contributed by atoms with Gasteiger partial charge < -0.3 is 28.5 Å². The Hall–Kier alpha value is 0.690. The van der Waals surface area contributed by atoms with Gasteiger partial charge in [-0.15, -0.1) is 0 Å². The minimum atomic E-state index is 0. The number of quaternary nitrogens is 1. The van der Waals surface area contributed by atoms with Gasteiger partial charge in [0.05, 0.1) is 26.7 Å². The minimum absolute atomic E-state index is 0. The summed E-state index contributed by atoms with van der Waals surface area (Å²) in [7, 11) is 2.37. The van der Waals surface area contributed by atoms with Gasteiger partial charge in [-0.1, -0.05) is 19.8 Å². The number of halogens is 1. The van der Waals surface area contributed by atoms with Crippen molar-refractivity contribution in [3.8, 4) is 0 Å². The highest BCUT2D eigenvalue weighted by Crippen LogP contribution is 2.06. The van der Waals surface area contributed by atoms with Crippen LogP contribution in [0.4, 0.5) is 0 Å². The molecule has 0 heterocycles. The normalized spacial score (nSPS) is 11.1. The fourth-order valence-electron chi connectivity index (χ4n) is 1.46. The van der Waals surface area contributed by atoms with E-state index in [1.54, 1.807) is 0 Å². The lowest BCUT2D eigenvalue weighted by Gasteiger charge is -2.32. The van der Waals surface area contributed by atoms with Crippen molar-refractivity contribution in [1.29, 1.82) is 0 Å². The standard InChI is InChI=1S/C11H26N.HI/c1-5-8-9-10-11-12(4,6-2)7-3;/h5-11H2,1-4H3;1H/q+1;/p-1. The Morgan fingerprint density at radius 3 is 1.77 bits per heavy atom.